The Labute approximate surface area is 206 Å². The van der Waals surface area contributed by atoms with Gasteiger partial charge in [0.05, 0.1) is 42.9 Å². The highest BCUT2D eigenvalue weighted by molar-refractivity contribution is 5.43. The zero-order valence-corrected chi connectivity index (χ0v) is 20.4. The van der Waals surface area contributed by atoms with E-state index in [4.69, 9.17) is 19.3 Å². The number of benzene rings is 2. The molecule has 188 valence electrons. The van der Waals surface area contributed by atoms with Crippen molar-refractivity contribution < 1.29 is 23.7 Å². The van der Waals surface area contributed by atoms with Crippen molar-refractivity contribution in [3.05, 3.63) is 84.3 Å². The molecular weight excluding hydrogens is 449 g/mol. The topological polar surface area (TPSA) is 69.0 Å². The van der Waals surface area contributed by atoms with Crippen LogP contribution in [0.3, 0.4) is 0 Å². The van der Waals surface area contributed by atoms with Crippen molar-refractivity contribution in [2.45, 2.75) is 26.0 Å². The summed E-state index contributed by atoms with van der Waals surface area (Å²) in [5.74, 6) is 0.731. The van der Waals surface area contributed by atoms with Crippen molar-refractivity contribution in [2.24, 2.45) is 0 Å². The molecule has 1 aromatic heterocycles. The lowest BCUT2D eigenvalue weighted by atomic mass is 10.1. The quantitative estimate of drug-likeness (QED) is 0.256. The minimum Gasteiger partial charge on any atom is -0.439 e. The van der Waals surface area contributed by atoms with Gasteiger partial charge in [-0.1, -0.05) is 31.2 Å². The normalized spacial score (nSPS) is 12.1. The fourth-order valence-corrected chi connectivity index (χ4v) is 3.70. The van der Waals surface area contributed by atoms with E-state index in [1.54, 1.807) is 30.0 Å². The van der Waals surface area contributed by atoms with E-state index in [-0.39, 0.29) is 12.4 Å². The predicted octanol–water partition coefficient (Wildman–Crippen LogP) is 4.38. The smallest absolute Gasteiger partial charge is 0.227 e. The first-order chi connectivity index (χ1) is 17.0. The van der Waals surface area contributed by atoms with Crippen molar-refractivity contribution in [3.8, 4) is 17.3 Å². The lowest BCUT2D eigenvalue weighted by molar-refractivity contribution is 0.0192. The zero-order valence-electron chi connectivity index (χ0n) is 20.4. The summed E-state index contributed by atoms with van der Waals surface area (Å²) in [6, 6.07) is 15.6. The molecule has 0 unspecified atom stereocenters. The highest BCUT2D eigenvalue weighted by atomic mass is 19.1. The lowest BCUT2D eigenvalue weighted by Crippen LogP contribution is -2.36. The standard InChI is InChI=1S/C27H34FN3O4/c1-4-16-34-20-23(32)18-30(15-17-33-3)19-25-26(5-2)29-31(22-9-7-6-8-10-22)27(25)35-24-13-11-21(28)12-14-24/h4,6-14,23,32H,1,5,15-20H2,2-3H3/t23-/m1/s1. The minimum atomic E-state index is -0.678. The third-order valence-electron chi connectivity index (χ3n) is 5.39. The highest BCUT2D eigenvalue weighted by Crippen LogP contribution is 2.32. The number of aryl methyl sites for hydroxylation is 1. The van der Waals surface area contributed by atoms with Gasteiger partial charge >= 0.3 is 0 Å². The molecule has 35 heavy (non-hydrogen) atoms. The first kappa shape index (κ1) is 26.6. The van der Waals surface area contributed by atoms with E-state index in [0.29, 0.717) is 50.9 Å². The number of para-hydroxylation sites is 1. The van der Waals surface area contributed by atoms with Crippen molar-refractivity contribution in [1.82, 2.24) is 14.7 Å². The van der Waals surface area contributed by atoms with Crippen LogP contribution in [0.5, 0.6) is 11.6 Å². The summed E-state index contributed by atoms with van der Waals surface area (Å²) in [5.41, 5.74) is 2.63. The van der Waals surface area contributed by atoms with Crippen LogP contribution < -0.4 is 4.74 Å². The molecule has 0 spiro atoms. The number of nitrogens with zero attached hydrogens (tertiary/aromatic N) is 3. The van der Waals surface area contributed by atoms with Crippen LogP contribution in [-0.2, 0) is 22.4 Å². The monoisotopic (exact) mass is 483 g/mol. The summed E-state index contributed by atoms with van der Waals surface area (Å²) in [6.07, 6.45) is 1.67. The molecule has 0 radical (unpaired) electrons. The second-order valence-electron chi connectivity index (χ2n) is 8.10. The van der Waals surface area contributed by atoms with Gasteiger partial charge in [-0.25, -0.2) is 9.07 Å². The molecule has 1 heterocycles. The molecule has 0 saturated carbocycles. The molecule has 7 nitrogen and oxygen atoms in total. The fourth-order valence-electron chi connectivity index (χ4n) is 3.70. The van der Waals surface area contributed by atoms with Gasteiger partial charge in [-0.15, -0.1) is 6.58 Å². The van der Waals surface area contributed by atoms with Gasteiger partial charge < -0.3 is 19.3 Å². The number of hydrogen-bond donors (Lipinski definition) is 1. The third-order valence-corrected chi connectivity index (χ3v) is 5.39. The molecule has 2 aromatic carbocycles. The van der Waals surface area contributed by atoms with Gasteiger partial charge in [0.1, 0.15) is 11.6 Å². The number of halogens is 1. The van der Waals surface area contributed by atoms with Crippen LogP contribution >= 0.6 is 0 Å². The summed E-state index contributed by atoms with van der Waals surface area (Å²) < 4.78 is 32.3. The number of aliphatic hydroxyl groups is 1. The lowest BCUT2D eigenvalue weighted by Gasteiger charge is -2.25. The molecule has 1 N–H and O–H groups in total. The summed E-state index contributed by atoms with van der Waals surface area (Å²) in [5, 5.41) is 15.4. The Morgan fingerprint density at radius 3 is 2.57 bits per heavy atom. The summed E-state index contributed by atoms with van der Waals surface area (Å²) >= 11 is 0. The van der Waals surface area contributed by atoms with E-state index in [1.807, 2.05) is 37.3 Å². The molecular formula is C27H34FN3O4. The van der Waals surface area contributed by atoms with Crippen molar-refractivity contribution in [2.75, 3.05) is 40.0 Å². The van der Waals surface area contributed by atoms with Crippen LogP contribution in [0.1, 0.15) is 18.2 Å². The van der Waals surface area contributed by atoms with Gasteiger partial charge in [0.25, 0.3) is 0 Å². The van der Waals surface area contributed by atoms with Gasteiger partial charge in [0.2, 0.25) is 5.88 Å². The second-order valence-corrected chi connectivity index (χ2v) is 8.10. The molecule has 0 bridgehead atoms. The third kappa shape index (κ3) is 7.73. The molecule has 0 aliphatic heterocycles. The molecule has 0 fully saturated rings. The Balaban J connectivity index is 1.96. The predicted molar refractivity (Wildman–Crippen MR) is 134 cm³/mol. The van der Waals surface area contributed by atoms with E-state index in [0.717, 1.165) is 16.9 Å². The van der Waals surface area contributed by atoms with E-state index < -0.39 is 6.10 Å². The fraction of sp³-hybridized carbons (Fsp3) is 0.370. The molecule has 0 saturated heterocycles. The van der Waals surface area contributed by atoms with Crippen LogP contribution in [0.25, 0.3) is 5.69 Å². The van der Waals surface area contributed by atoms with Crippen molar-refractivity contribution in [1.29, 1.82) is 0 Å². The first-order valence-electron chi connectivity index (χ1n) is 11.7. The van der Waals surface area contributed by atoms with Gasteiger partial charge in [0, 0.05) is 26.7 Å². The molecule has 0 aliphatic rings. The highest BCUT2D eigenvalue weighted by Gasteiger charge is 2.23. The number of ether oxygens (including phenoxy) is 3. The SMILES string of the molecule is C=CCOC[C@H](O)CN(CCOC)Cc1c(CC)nn(-c2ccccc2)c1Oc1ccc(F)cc1. The molecule has 3 aromatic rings. The Hall–Kier alpha value is -3.04. The van der Waals surface area contributed by atoms with E-state index >= 15 is 0 Å². The average Bonchev–Trinajstić information content (AvgIpc) is 3.21. The van der Waals surface area contributed by atoms with Crippen LogP contribution in [0, 0.1) is 5.82 Å². The zero-order chi connectivity index (χ0) is 25.0. The number of aromatic nitrogens is 2. The van der Waals surface area contributed by atoms with Crippen LogP contribution in [0.2, 0.25) is 0 Å². The molecule has 8 heteroatoms. The molecule has 1 atom stereocenters. The maximum Gasteiger partial charge on any atom is 0.227 e. The van der Waals surface area contributed by atoms with E-state index in [9.17, 15) is 9.50 Å². The first-order valence-corrected chi connectivity index (χ1v) is 11.7. The van der Waals surface area contributed by atoms with Crippen LogP contribution in [0.15, 0.2) is 67.3 Å². The van der Waals surface area contributed by atoms with Crippen LogP contribution in [0.4, 0.5) is 4.39 Å². The Kier molecular flexibility index (Phi) is 10.4. The molecule has 0 aliphatic carbocycles. The van der Waals surface area contributed by atoms with Gasteiger partial charge in [-0.2, -0.15) is 5.10 Å². The van der Waals surface area contributed by atoms with Crippen LogP contribution in [-0.4, -0.2) is 65.9 Å². The Bertz CT molecular complexity index is 1040. The van der Waals surface area contributed by atoms with E-state index in [2.05, 4.69) is 11.5 Å². The second kappa shape index (κ2) is 13.7. The number of aliphatic hydroxyl groups excluding tert-OH is 1. The summed E-state index contributed by atoms with van der Waals surface area (Å²) in [6.45, 7) is 8.23. The Morgan fingerprint density at radius 1 is 1.17 bits per heavy atom. The maximum atomic E-state index is 13.5. The summed E-state index contributed by atoms with van der Waals surface area (Å²) in [4.78, 5) is 2.09. The molecule has 0 amide bonds. The van der Waals surface area contributed by atoms with Gasteiger partial charge in [-0.05, 0) is 42.8 Å². The van der Waals surface area contributed by atoms with Crippen molar-refractivity contribution in [3.63, 3.8) is 0 Å². The molecule has 3 rings (SSSR count). The minimum absolute atomic E-state index is 0.207. The Morgan fingerprint density at radius 2 is 1.91 bits per heavy atom. The summed E-state index contributed by atoms with van der Waals surface area (Å²) in [7, 11) is 1.65. The average molecular weight is 484 g/mol. The number of hydrogen-bond acceptors (Lipinski definition) is 6. The van der Waals surface area contributed by atoms with Gasteiger partial charge in [0.15, 0.2) is 0 Å². The number of rotatable bonds is 15. The number of methoxy groups -OCH3 is 1. The maximum absolute atomic E-state index is 13.5. The largest absolute Gasteiger partial charge is 0.439 e. The van der Waals surface area contributed by atoms with E-state index in [1.165, 1.54) is 12.1 Å². The van der Waals surface area contributed by atoms with Gasteiger partial charge in [-0.3, -0.25) is 4.90 Å². The van der Waals surface area contributed by atoms with Crippen molar-refractivity contribution >= 4 is 0 Å².